The van der Waals surface area contributed by atoms with E-state index >= 15 is 0 Å². The number of hydrogen-bond donors (Lipinski definition) is 2. The molecule has 0 atom stereocenters. The molecule has 0 fully saturated rings. The highest BCUT2D eigenvalue weighted by Crippen LogP contribution is 2.30. The van der Waals surface area contributed by atoms with E-state index in [0.29, 0.717) is 27.8 Å². The standard InChI is InChI=1S/C28H23F3N6O4/c1-16(2)37(41-27(39)28(29,30)31)24(38)15-40-20-7-5-6-17(13-20)25-34-23-9-4-3-8-21(23)26(35-25)33-19-10-11-22-18(12-19)14-32-36-22/h3-14,16H,15H2,1-2H3,(H,32,36)(H,33,34,35). The third-order valence-electron chi connectivity index (χ3n) is 5.89. The van der Waals surface area contributed by atoms with Crippen molar-refractivity contribution in [2.45, 2.75) is 26.1 Å². The molecule has 1 amide bonds. The van der Waals surface area contributed by atoms with E-state index in [1.807, 2.05) is 42.5 Å². The first kappa shape index (κ1) is 27.4. The summed E-state index contributed by atoms with van der Waals surface area (Å²) in [5.41, 5.74) is 2.95. The molecule has 0 saturated heterocycles. The van der Waals surface area contributed by atoms with E-state index in [1.165, 1.54) is 13.8 Å². The molecule has 210 valence electrons. The minimum absolute atomic E-state index is 0.235. The number of hydrogen-bond acceptors (Lipinski definition) is 8. The predicted octanol–water partition coefficient (Wildman–Crippen LogP) is 5.55. The molecule has 2 heterocycles. The molecule has 2 aromatic heterocycles. The molecule has 0 aliphatic heterocycles. The Morgan fingerprint density at radius 1 is 1.02 bits per heavy atom. The molecule has 0 bridgehead atoms. The summed E-state index contributed by atoms with van der Waals surface area (Å²) in [7, 11) is 0. The summed E-state index contributed by atoms with van der Waals surface area (Å²) in [6, 6.07) is 19.0. The van der Waals surface area contributed by atoms with Gasteiger partial charge < -0.3 is 14.9 Å². The van der Waals surface area contributed by atoms with E-state index in [4.69, 9.17) is 9.72 Å². The van der Waals surface area contributed by atoms with Crippen LogP contribution in [0.25, 0.3) is 33.2 Å². The summed E-state index contributed by atoms with van der Waals surface area (Å²) < 4.78 is 43.4. The van der Waals surface area contributed by atoms with Crippen LogP contribution in [-0.2, 0) is 14.4 Å². The van der Waals surface area contributed by atoms with E-state index in [1.54, 1.807) is 30.5 Å². The lowest BCUT2D eigenvalue weighted by atomic mass is 10.1. The minimum Gasteiger partial charge on any atom is -0.484 e. The summed E-state index contributed by atoms with van der Waals surface area (Å²) in [5.74, 6) is -2.29. The second-order valence-corrected chi connectivity index (χ2v) is 9.22. The van der Waals surface area contributed by atoms with E-state index in [9.17, 15) is 22.8 Å². The number of ether oxygens (including phenoxy) is 1. The highest BCUT2D eigenvalue weighted by Gasteiger charge is 2.43. The lowest BCUT2D eigenvalue weighted by Crippen LogP contribution is -2.44. The lowest BCUT2D eigenvalue weighted by molar-refractivity contribution is -0.242. The molecule has 2 N–H and O–H groups in total. The Labute approximate surface area is 231 Å². The predicted molar refractivity (Wildman–Crippen MR) is 144 cm³/mol. The molecule has 0 spiro atoms. The van der Waals surface area contributed by atoms with Crippen LogP contribution in [0.1, 0.15) is 13.8 Å². The van der Waals surface area contributed by atoms with Crippen molar-refractivity contribution in [2.24, 2.45) is 0 Å². The number of aromatic amines is 1. The maximum Gasteiger partial charge on any atom is 0.493 e. The number of benzene rings is 3. The Morgan fingerprint density at radius 3 is 2.61 bits per heavy atom. The number of aromatic nitrogens is 4. The molecule has 13 heteroatoms. The zero-order valence-corrected chi connectivity index (χ0v) is 21.8. The number of fused-ring (bicyclic) bond motifs is 2. The Hall–Kier alpha value is -5.20. The van der Waals surface area contributed by atoms with Crippen LogP contribution in [0, 0.1) is 0 Å². The summed E-state index contributed by atoms with van der Waals surface area (Å²) in [6.45, 7) is 2.13. The Kier molecular flexibility index (Phi) is 7.42. The topological polar surface area (TPSA) is 122 Å². The van der Waals surface area contributed by atoms with Gasteiger partial charge >= 0.3 is 12.1 Å². The van der Waals surface area contributed by atoms with Gasteiger partial charge in [0.15, 0.2) is 12.4 Å². The molecule has 0 radical (unpaired) electrons. The van der Waals surface area contributed by atoms with Crippen molar-refractivity contribution < 1.29 is 32.3 Å². The van der Waals surface area contributed by atoms with Crippen molar-refractivity contribution in [3.05, 3.63) is 72.9 Å². The van der Waals surface area contributed by atoms with Gasteiger partial charge in [0.1, 0.15) is 11.6 Å². The van der Waals surface area contributed by atoms with Gasteiger partial charge in [-0.2, -0.15) is 23.3 Å². The van der Waals surface area contributed by atoms with Gasteiger partial charge in [-0.1, -0.05) is 24.3 Å². The number of nitrogens with one attached hydrogen (secondary N) is 2. The second kappa shape index (κ2) is 11.1. The molecule has 10 nitrogen and oxygen atoms in total. The van der Waals surface area contributed by atoms with Crippen LogP contribution in [-0.4, -0.2) is 55.9 Å². The largest absolute Gasteiger partial charge is 0.493 e. The first-order valence-corrected chi connectivity index (χ1v) is 12.4. The Bertz CT molecular complexity index is 1740. The average molecular weight is 565 g/mol. The second-order valence-electron chi connectivity index (χ2n) is 9.22. The minimum atomic E-state index is -5.25. The Morgan fingerprint density at radius 2 is 1.83 bits per heavy atom. The highest BCUT2D eigenvalue weighted by atomic mass is 19.4. The molecule has 0 aliphatic carbocycles. The molecule has 3 aromatic carbocycles. The number of carbonyl (C=O) groups is 2. The summed E-state index contributed by atoms with van der Waals surface area (Å²) in [4.78, 5) is 37.4. The number of anilines is 2. The number of hydroxylamine groups is 2. The van der Waals surface area contributed by atoms with Crippen LogP contribution in [0.3, 0.4) is 0 Å². The number of rotatable bonds is 7. The van der Waals surface area contributed by atoms with E-state index < -0.39 is 30.7 Å². The van der Waals surface area contributed by atoms with Gasteiger partial charge in [-0.25, -0.2) is 14.8 Å². The Balaban J connectivity index is 1.38. The van der Waals surface area contributed by atoms with E-state index in [2.05, 4.69) is 25.3 Å². The lowest BCUT2D eigenvalue weighted by Gasteiger charge is -2.25. The number of amides is 1. The van der Waals surface area contributed by atoms with Crippen molar-refractivity contribution in [1.29, 1.82) is 0 Å². The van der Waals surface area contributed by atoms with Crippen LogP contribution in [0.2, 0.25) is 0 Å². The summed E-state index contributed by atoms with van der Waals surface area (Å²) >= 11 is 0. The van der Waals surface area contributed by atoms with Gasteiger partial charge in [0, 0.05) is 22.0 Å². The van der Waals surface area contributed by atoms with Gasteiger partial charge in [0.25, 0.3) is 5.91 Å². The highest BCUT2D eigenvalue weighted by molar-refractivity contribution is 5.93. The quantitative estimate of drug-likeness (QED) is 0.247. The molecule has 0 saturated carbocycles. The number of carbonyl (C=O) groups excluding carboxylic acids is 2. The van der Waals surface area contributed by atoms with Crippen LogP contribution >= 0.6 is 0 Å². The first-order valence-electron chi connectivity index (χ1n) is 12.4. The molecule has 0 aliphatic rings. The fourth-order valence-electron chi connectivity index (χ4n) is 3.98. The van der Waals surface area contributed by atoms with Crippen LogP contribution in [0.4, 0.5) is 24.7 Å². The molecule has 5 aromatic rings. The zero-order chi connectivity index (χ0) is 29.1. The number of H-pyrrole nitrogens is 1. The van der Waals surface area contributed by atoms with E-state index in [-0.39, 0.29) is 5.75 Å². The van der Waals surface area contributed by atoms with Crippen molar-refractivity contribution in [1.82, 2.24) is 25.2 Å². The fourth-order valence-corrected chi connectivity index (χ4v) is 3.98. The normalized spacial score (nSPS) is 11.6. The fraction of sp³-hybridized carbons (Fsp3) is 0.179. The van der Waals surface area contributed by atoms with Gasteiger partial charge in [-0.3, -0.25) is 9.89 Å². The van der Waals surface area contributed by atoms with Crippen molar-refractivity contribution >= 4 is 45.2 Å². The van der Waals surface area contributed by atoms with Gasteiger partial charge in [-0.05, 0) is 56.3 Å². The molecule has 5 rings (SSSR count). The average Bonchev–Trinajstić information content (AvgIpc) is 3.42. The maximum atomic E-state index is 12.6. The first-order chi connectivity index (χ1) is 19.6. The van der Waals surface area contributed by atoms with Gasteiger partial charge in [0.05, 0.1) is 23.3 Å². The summed E-state index contributed by atoms with van der Waals surface area (Å²) in [5, 5.41) is 12.4. The van der Waals surface area contributed by atoms with Crippen molar-refractivity contribution in [3.8, 4) is 17.1 Å². The number of para-hydroxylation sites is 1. The van der Waals surface area contributed by atoms with Gasteiger partial charge in [0.2, 0.25) is 0 Å². The molecule has 0 unspecified atom stereocenters. The molecule has 41 heavy (non-hydrogen) atoms. The molecular weight excluding hydrogens is 541 g/mol. The smallest absolute Gasteiger partial charge is 0.484 e. The van der Waals surface area contributed by atoms with Crippen LogP contribution < -0.4 is 10.1 Å². The molecular formula is C28H23F3N6O4. The summed E-state index contributed by atoms with van der Waals surface area (Å²) in [6.07, 6.45) is -3.52. The van der Waals surface area contributed by atoms with Crippen molar-refractivity contribution in [3.63, 3.8) is 0 Å². The zero-order valence-electron chi connectivity index (χ0n) is 21.8. The van der Waals surface area contributed by atoms with Gasteiger partial charge in [-0.15, -0.1) is 0 Å². The third kappa shape index (κ3) is 6.19. The maximum absolute atomic E-state index is 12.6. The third-order valence-corrected chi connectivity index (χ3v) is 5.89. The monoisotopic (exact) mass is 564 g/mol. The van der Waals surface area contributed by atoms with Crippen molar-refractivity contribution in [2.75, 3.05) is 11.9 Å². The van der Waals surface area contributed by atoms with E-state index in [0.717, 1.165) is 22.0 Å². The van der Waals surface area contributed by atoms with Crippen LogP contribution in [0.5, 0.6) is 5.75 Å². The number of nitrogens with zero attached hydrogens (tertiary/aromatic N) is 4. The SMILES string of the molecule is CC(C)N(OC(=O)C(F)(F)F)C(=O)COc1cccc(-c2nc(Nc3ccc4[nH]ncc4c3)c3ccccc3n2)c1. The van der Waals surface area contributed by atoms with Crippen LogP contribution in [0.15, 0.2) is 72.9 Å². The number of alkyl halides is 3. The number of halogens is 3.